The molecule has 0 amide bonds. The molecule has 2 heterocycles. The number of nitrogens with zero attached hydrogens (tertiary/aromatic N) is 3. The van der Waals surface area contributed by atoms with Crippen molar-refractivity contribution in [2.24, 2.45) is 7.05 Å². The van der Waals surface area contributed by atoms with E-state index >= 15 is 0 Å². The van der Waals surface area contributed by atoms with Crippen LogP contribution in [-0.2, 0) is 13.6 Å². The highest BCUT2D eigenvalue weighted by Crippen LogP contribution is 2.10. The van der Waals surface area contributed by atoms with E-state index in [0.29, 0.717) is 0 Å². The highest BCUT2D eigenvalue weighted by molar-refractivity contribution is 5.16. The van der Waals surface area contributed by atoms with Crippen LogP contribution in [-0.4, -0.2) is 14.3 Å². The lowest BCUT2D eigenvalue weighted by Crippen LogP contribution is -2.07. The van der Waals surface area contributed by atoms with Crippen LogP contribution in [0.15, 0.2) is 24.4 Å². The van der Waals surface area contributed by atoms with E-state index in [1.165, 1.54) is 17.1 Å². The molecular formula is C11H15N3. The molecule has 0 atom stereocenters. The molecule has 0 fully saturated rings. The molecule has 0 aromatic carbocycles. The molecule has 14 heavy (non-hydrogen) atoms. The maximum absolute atomic E-state index is 4.16. The Morgan fingerprint density at radius 1 is 1.14 bits per heavy atom. The molecular weight excluding hydrogens is 174 g/mol. The topological polar surface area (TPSA) is 22.8 Å². The standard InChI is InChI=1S/C11H15N3/c1-9-4-5-10(2)14(9)8-11-6-7-12-13(11)3/h4-7H,8H2,1-3H3. The fraction of sp³-hybridized carbons (Fsp3) is 0.364. The predicted octanol–water partition coefficient (Wildman–Crippen LogP) is 1.89. The normalized spacial score (nSPS) is 10.8. The van der Waals surface area contributed by atoms with Crippen LogP contribution in [0.25, 0.3) is 0 Å². The van der Waals surface area contributed by atoms with Gasteiger partial charge in [0.05, 0.1) is 12.2 Å². The van der Waals surface area contributed by atoms with Crippen molar-refractivity contribution in [3.8, 4) is 0 Å². The first kappa shape index (κ1) is 9.06. The van der Waals surface area contributed by atoms with E-state index < -0.39 is 0 Å². The van der Waals surface area contributed by atoms with Crippen molar-refractivity contribution in [2.75, 3.05) is 0 Å². The quantitative estimate of drug-likeness (QED) is 0.707. The highest BCUT2D eigenvalue weighted by Gasteiger charge is 2.04. The summed E-state index contributed by atoms with van der Waals surface area (Å²) in [6.45, 7) is 5.16. The van der Waals surface area contributed by atoms with Crippen molar-refractivity contribution in [2.45, 2.75) is 20.4 Å². The average Bonchev–Trinajstić information content (AvgIpc) is 2.67. The fourth-order valence-electron chi connectivity index (χ4n) is 1.67. The minimum atomic E-state index is 0.904. The van der Waals surface area contributed by atoms with Crippen molar-refractivity contribution in [1.82, 2.24) is 14.3 Å². The van der Waals surface area contributed by atoms with E-state index in [9.17, 15) is 0 Å². The van der Waals surface area contributed by atoms with Gasteiger partial charge in [-0.25, -0.2) is 0 Å². The minimum absolute atomic E-state index is 0.904. The molecule has 0 aliphatic carbocycles. The van der Waals surface area contributed by atoms with Crippen LogP contribution >= 0.6 is 0 Å². The van der Waals surface area contributed by atoms with Crippen LogP contribution in [0.4, 0.5) is 0 Å². The predicted molar refractivity (Wildman–Crippen MR) is 56.2 cm³/mol. The smallest absolute Gasteiger partial charge is 0.0644 e. The van der Waals surface area contributed by atoms with Crippen molar-refractivity contribution < 1.29 is 0 Å². The summed E-state index contributed by atoms with van der Waals surface area (Å²) in [5.74, 6) is 0. The molecule has 0 bridgehead atoms. The summed E-state index contributed by atoms with van der Waals surface area (Å²) < 4.78 is 4.20. The molecule has 0 unspecified atom stereocenters. The highest BCUT2D eigenvalue weighted by atomic mass is 15.3. The van der Waals surface area contributed by atoms with Crippen LogP contribution in [0.5, 0.6) is 0 Å². The lowest BCUT2D eigenvalue weighted by atomic mass is 10.4. The third kappa shape index (κ3) is 1.45. The zero-order valence-electron chi connectivity index (χ0n) is 8.86. The second-order valence-electron chi connectivity index (χ2n) is 3.65. The molecule has 74 valence electrons. The van der Waals surface area contributed by atoms with Gasteiger partial charge in [-0.15, -0.1) is 0 Å². The molecule has 3 nitrogen and oxygen atoms in total. The number of rotatable bonds is 2. The Bertz CT molecular complexity index is 418. The zero-order valence-corrected chi connectivity index (χ0v) is 8.86. The molecule has 0 saturated heterocycles. The summed E-state index contributed by atoms with van der Waals surface area (Å²) >= 11 is 0. The van der Waals surface area contributed by atoms with Gasteiger partial charge in [0, 0.05) is 24.6 Å². The summed E-state index contributed by atoms with van der Waals surface area (Å²) in [5.41, 5.74) is 3.82. The van der Waals surface area contributed by atoms with Gasteiger partial charge in [0.1, 0.15) is 0 Å². The van der Waals surface area contributed by atoms with Crippen LogP contribution in [0.3, 0.4) is 0 Å². The Morgan fingerprint density at radius 3 is 2.29 bits per heavy atom. The molecule has 0 aliphatic heterocycles. The molecule has 2 aromatic heterocycles. The summed E-state index contributed by atoms with van der Waals surface area (Å²) in [5, 5.41) is 4.16. The van der Waals surface area contributed by atoms with Crippen molar-refractivity contribution in [1.29, 1.82) is 0 Å². The molecule has 0 radical (unpaired) electrons. The number of hydrogen-bond donors (Lipinski definition) is 0. The lowest BCUT2D eigenvalue weighted by molar-refractivity contribution is 0.651. The maximum Gasteiger partial charge on any atom is 0.0644 e. The third-order valence-electron chi connectivity index (χ3n) is 2.66. The van der Waals surface area contributed by atoms with Crippen molar-refractivity contribution in [3.05, 3.63) is 41.5 Å². The molecule has 2 aromatic rings. The van der Waals surface area contributed by atoms with Gasteiger partial charge in [0.15, 0.2) is 0 Å². The van der Waals surface area contributed by atoms with Crippen LogP contribution in [0.2, 0.25) is 0 Å². The monoisotopic (exact) mass is 189 g/mol. The summed E-state index contributed by atoms with van der Waals surface area (Å²) in [6.07, 6.45) is 1.84. The first-order valence-electron chi connectivity index (χ1n) is 4.78. The Labute approximate surface area is 84.0 Å². The van der Waals surface area contributed by atoms with Gasteiger partial charge in [0.25, 0.3) is 0 Å². The Balaban J connectivity index is 2.31. The molecule has 0 spiro atoms. The average molecular weight is 189 g/mol. The van der Waals surface area contributed by atoms with Crippen LogP contribution in [0.1, 0.15) is 17.1 Å². The van der Waals surface area contributed by atoms with E-state index in [1.54, 1.807) is 0 Å². The van der Waals surface area contributed by atoms with E-state index in [2.05, 4.69) is 41.7 Å². The molecule has 0 aliphatic rings. The van der Waals surface area contributed by atoms with Crippen LogP contribution < -0.4 is 0 Å². The lowest BCUT2D eigenvalue weighted by Gasteiger charge is -2.09. The van der Waals surface area contributed by atoms with Gasteiger partial charge in [0.2, 0.25) is 0 Å². The van der Waals surface area contributed by atoms with Gasteiger partial charge in [-0.1, -0.05) is 0 Å². The van der Waals surface area contributed by atoms with E-state index in [1.807, 2.05) is 17.9 Å². The van der Waals surface area contributed by atoms with E-state index in [-0.39, 0.29) is 0 Å². The van der Waals surface area contributed by atoms with Gasteiger partial charge in [-0.2, -0.15) is 5.10 Å². The molecule has 0 N–H and O–H groups in total. The second kappa shape index (κ2) is 3.33. The maximum atomic E-state index is 4.16. The first-order valence-corrected chi connectivity index (χ1v) is 4.78. The largest absolute Gasteiger partial charge is 0.343 e. The van der Waals surface area contributed by atoms with Crippen molar-refractivity contribution >= 4 is 0 Å². The SMILES string of the molecule is Cc1ccc(C)n1Cc1ccnn1C. The Kier molecular flexibility index (Phi) is 2.15. The first-order chi connectivity index (χ1) is 6.68. The minimum Gasteiger partial charge on any atom is -0.343 e. The number of hydrogen-bond acceptors (Lipinski definition) is 1. The van der Waals surface area contributed by atoms with Gasteiger partial charge in [-0.3, -0.25) is 4.68 Å². The summed E-state index contributed by atoms with van der Waals surface area (Å²) in [7, 11) is 1.98. The van der Waals surface area contributed by atoms with Gasteiger partial charge < -0.3 is 4.57 Å². The zero-order chi connectivity index (χ0) is 10.1. The molecule has 3 heteroatoms. The fourth-order valence-corrected chi connectivity index (χ4v) is 1.67. The van der Waals surface area contributed by atoms with Gasteiger partial charge in [-0.05, 0) is 32.0 Å². The van der Waals surface area contributed by atoms with E-state index in [4.69, 9.17) is 0 Å². The van der Waals surface area contributed by atoms with Crippen molar-refractivity contribution in [3.63, 3.8) is 0 Å². The molecule has 0 saturated carbocycles. The Hall–Kier alpha value is -1.51. The number of aromatic nitrogens is 3. The summed E-state index contributed by atoms with van der Waals surface area (Å²) in [6, 6.07) is 6.34. The third-order valence-corrected chi connectivity index (χ3v) is 2.66. The summed E-state index contributed by atoms with van der Waals surface area (Å²) in [4.78, 5) is 0. The number of aryl methyl sites for hydroxylation is 3. The Morgan fingerprint density at radius 2 is 1.79 bits per heavy atom. The second-order valence-corrected chi connectivity index (χ2v) is 3.65. The van der Waals surface area contributed by atoms with Gasteiger partial charge >= 0.3 is 0 Å². The van der Waals surface area contributed by atoms with E-state index in [0.717, 1.165) is 6.54 Å². The van der Waals surface area contributed by atoms with Crippen LogP contribution in [0, 0.1) is 13.8 Å². The molecule has 2 rings (SSSR count).